The van der Waals surface area contributed by atoms with E-state index in [2.05, 4.69) is 24.5 Å². The van der Waals surface area contributed by atoms with Crippen LogP contribution < -0.4 is 10.6 Å². The number of aryl methyl sites for hydroxylation is 1. The number of hydrogen-bond acceptors (Lipinski definition) is 4. The molecule has 186 valence electrons. The van der Waals surface area contributed by atoms with Gasteiger partial charge in [0, 0.05) is 13.1 Å². The molecule has 3 amide bonds. The van der Waals surface area contributed by atoms with E-state index in [-0.39, 0.29) is 23.8 Å². The highest BCUT2D eigenvalue weighted by atomic mass is 16.6. The molecule has 1 aromatic rings. The lowest BCUT2D eigenvalue weighted by Gasteiger charge is -2.33. The van der Waals surface area contributed by atoms with Crippen molar-refractivity contribution in [1.82, 2.24) is 15.5 Å². The summed E-state index contributed by atoms with van der Waals surface area (Å²) in [5, 5.41) is 5.73. The van der Waals surface area contributed by atoms with Gasteiger partial charge in [-0.15, -0.1) is 0 Å². The van der Waals surface area contributed by atoms with Crippen LogP contribution in [-0.4, -0.2) is 47.5 Å². The normalized spacial score (nSPS) is 14.2. The minimum Gasteiger partial charge on any atom is -0.444 e. The third-order valence-corrected chi connectivity index (χ3v) is 5.40. The molecule has 0 aliphatic carbocycles. The number of hydrogen-bond donors (Lipinski definition) is 2. The largest absolute Gasteiger partial charge is 0.444 e. The molecule has 2 N–H and O–H groups in total. The van der Waals surface area contributed by atoms with E-state index in [1.165, 1.54) is 4.90 Å². The molecule has 7 heteroatoms. The lowest BCUT2D eigenvalue weighted by atomic mass is 9.98. The Morgan fingerprint density at radius 2 is 1.58 bits per heavy atom. The number of ether oxygens (including phenoxy) is 1. The van der Waals surface area contributed by atoms with Gasteiger partial charge in [-0.3, -0.25) is 9.59 Å². The molecular formula is C26H43N3O4. The van der Waals surface area contributed by atoms with Gasteiger partial charge in [-0.1, -0.05) is 58.4 Å². The minimum absolute atomic E-state index is 0.01000. The van der Waals surface area contributed by atoms with Crippen LogP contribution in [0.1, 0.15) is 85.4 Å². The van der Waals surface area contributed by atoms with E-state index >= 15 is 0 Å². The second-order valence-electron chi connectivity index (χ2n) is 10.0. The summed E-state index contributed by atoms with van der Waals surface area (Å²) in [4.78, 5) is 40.6. The van der Waals surface area contributed by atoms with E-state index in [4.69, 9.17) is 4.74 Å². The van der Waals surface area contributed by atoms with Gasteiger partial charge in [0.2, 0.25) is 11.8 Å². The highest BCUT2D eigenvalue weighted by Gasteiger charge is 2.35. The summed E-state index contributed by atoms with van der Waals surface area (Å²) in [5.74, 6) is -0.785. The van der Waals surface area contributed by atoms with Gasteiger partial charge in [0.25, 0.3) is 0 Å². The van der Waals surface area contributed by atoms with Crippen LogP contribution in [0.5, 0.6) is 0 Å². The van der Waals surface area contributed by atoms with Crippen LogP contribution in [0.2, 0.25) is 0 Å². The first-order valence-corrected chi connectivity index (χ1v) is 12.0. The van der Waals surface area contributed by atoms with Crippen molar-refractivity contribution in [3.05, 3.63) is 35.4 Å². The van der Waals surface area contributed by atoms with E-state index in [0.717, 1.165) is 30.4 Å². The molecule has 1 aromatic carbocycles. The first-order valence-electron chi connectivity index (χ1n) is 12.0. The van der Waals surface area contributed by atoms with Gasteiger partial charge in [-0.2, -0.15) is 0 Å². The van der Waals surface area contributed by atoms with Crippen molar-refractivity contribution >= 4 is 17.9 Å². The van der Waals surface area contributed by atoms with E-state index in [1.807, 2.05) is 45.0 Å². The van der Waals surface area contributed by atoms with Crippen molar-refractivity contribution in [3.8, 4) is 0 Å². The molecule has 0 saturated heterocycles. The molecule has 0 fully saturated rings. The molecular weight excluding hydrogens is 418 g/mol. The Balaban J connectivity index is 3.23. The summed E-state index contributed by atoms with van der Waals surface area (Å²) in [5.41, 5.74) is 1.20. The average molecular weight is 462 g/mol. The van der Waals surface area contributed by atoms with Gasteiger partial charge < -0.3 is 20.3 Å². The number of rotatable bonds is 10. The second kappa shape index (κ2) is 12.6. The van der Waals surface area contributed by atoms with Crippen molar-refractivity contribution in [2.45, 2.75) is 98.4 Å². The van der Waals surface area contributed by atoms with Gasteiger partial charge in [-0.25, -0.2) is 4.79 Å². The Morgan fingerprint density at radius 3 is 2.03 bits per heavy atom. The maximum Gasteiger partial charge on any atom is 0.408 e. The zero-order chi connectivity index (χ0) is 25.3. The molecule has 7 nitrogen and oxygen atoms in total. The molecule has 3 unspecified atom stereocenters. The molecule has 0 heterocycles. The third-order valence-electron chi connectivity index (χ3n) is 5.40. The van der Waals surface area contributed by atoms with Crippen LogP contribution in [0.3, 0.4) is 0 Å². The van der Waals surface area contributed by atoms with Crippen molar-refractivity contribution in [2.24, 2.45) is 5.92 Å². The summed E-state index contributed by atoms with van der Waals surface area (Å²) in [6.45, 7) is 15.1. The van der Waals surface area contributed by atoms with Gasteiger partial charge >= 0.3 is 6.09 Å². The molecule has 0 aliphatic heterocycles. The Kier molecular flexibility index (Phi) is 10.9. The number of benzene rings is 1. The number of nitrogens with one attached hydrogen (secondary N) is 2. The van der Waals surface area contributed by atoms with Crippen LogP contribution in [0.25, 0.3) is 0 Å². The predicted octanol–water partition coefficient (Wildman–Crippen LogP) is 4.60. The van der Waals surface area contributed by atoms with Crippen LogP contribution in [0.15, 0.2) is 24.3 Å². The van der Waals surface area contributed by atoms with E-state index in [0.29, 0.717) is 0 Å². The van der Waals surface area contributed by atoms with Crippen molar-refractivity contribution < 1.29 is 19.1 Å². The fourth-order valence-corrected chi connectivity index (χ4v) is 3.61. The van der Waals surface area contributed by atoms with Gasteiger partial charge in [0.15, 0.2) is 0 Å². The number of likely N-dealkylation sites (N-methyl/N-ethyl adjacent to an activating group) is 1. The van der Waals surface area contributed by atoms with Crippen LogP contribution >= 0.6 is 0 Å². The summed E-state index contributed by atoms with van der Waals surface area (Å²) in [6, 6.07) is 6.08. The Bertz CT molecular complexity index is 784. The second-order valence-corrected chi connectivity index (χ2v) is 10.0. The standard InChI is InChI=1S/C26H43N3O4/c1-10-12-18(5)27-23(30)22(20-15-13-19(11-2)14-16-20)29(9)24(31)21(17(3)4)28-25(32)33-26(6,7)8/h13-18,21-22H,10-12H2,1-9H3,(H,27,30)(H,28,32). The van der Waals surface area contributed by atoms with E-state index in [9.17, 15) is 14.4 Å². The Morgan fingerprint density at radius 1 is 1.00 bits per heavy atom. The molecule has 0 aliphatic rings. The molecule has 1 rings (SSSR count). The fourth-order valence-electron chi connectivity index (χ4n) is 3.61. The minimum atomic E-state index is -0.830. The SMILES string of the molecule is CCCC(C)NC(=O)C(c1ccc(CC)cc1)N(C)C(=O)C(NC(=O)OC(C)(C)C)C(C)C. The van der Waals surface area contributed by atoms with Crippen LogP contribution in [-0.2, 0) is 20.7 Å². The van der Waals surface area contributed by atoms with Gasteiger partial charge in [0.1, 0.15) is 17.7 Å². The molecule has 0 aromatic heterocycles. The number of amides is 3. The molecule has 0 spiro atoms. The summed E-state index contributed by atoms with van der Waals surface area (Å²) >= 11 is 0. The quantitative estimate of drug-likeness (QED) is 0.533. The first kappa shape index (κ1) is 28.5. The van der Waals surface area contributed by atoms with E-state index in [1.54, 1.807) is 27.8 Å². The number of nitrogens with zero attached hydrogens (tertiary/aromatic N) is 1. The lowest BCUT2D eigenvalue weighted by molar-refractivity contribution is -0.141. The van der Waals surface area contributed by atoms with Gasteiger partial charge in [-0.05, 0) is 57.6 Å². The maximum atomic E-state index is 13.5. The van der Waals surface area contributed by atoms with Crippen LogP contribution in [0, 0.1) is 5.92 Å². The molecule has 33 heavy (non-hydrogen) atoms. The zero-order valence-electron chi connectivity index (χ0n) is 21.8. The molecule has 0 saturated carbocycles. The average Bonchev–Trinajstić information content (AvgIpc) is 2.70. The maximum absolute atomic E-state index is 13.5. The summed E-state index contributed by atoms with van der Waals surface area (Å²) < 4.78 is 5.35. The third kappa shape index (κ3) is 9.06. The molecule has 0 bridgehead atoms. The number of carbonyl (C=O) groups excluding carboxylic acids is 3. The molecule has 0 radical (unpaired) electrons. The van der Waals surface area contributed by atoms with Crippen molar-refractivity contribution in [1.29, 1.82) is 0 Å². The monoisotopic (exact) mass is 461 g/mol. The topological polar surface area (TPSA) is 87.7 Å². The lowest BCUT2D eigenvalue weighted by Crippen LogP contribution is -2.54. The van der Waals surface area contributed by atoms with Gasteiger partial charge in [0.05, 0.1) is 0 Å². The Labute approximate surface area is 199 Å². The smallest absolute Gasteiger partial charge is 0.408 e. The zero-order valence-corrected chi connectivity index (χ0v) is 21.8. The van der Waals surface area contributed by atoms with E-state index < -0.39 is 23.8 Å². The van der Waals surface area contributed by atoms with Crippen LogP contribution in [0.4, 0.5) is 4.79 Å². The highest BCUT2D eigenvalue weighted by molar-refractivity contribution is 5.92. The number of alkyl carbamates (subject to hydrolysis) is 1. The highest BCUT2D eigenvalue weighted by Crippen LogP contribution is 2.23. The Hall–Kier alpha value is -2.57. The summed E-state index contributed by atoms with van der Waals surface area (Å²) in [6.07, 6.45) is 2.02. The molecule has 3 atom stereocenters. The predicted molar refractivity (Wildman–Crippen MR) is 132 cm³/mol. The first-order chi connectivity index (χ1) is 15.3. The van der Waals surface area contributed by atoms with Crippen molar-refractivity contribution in [3.63, 3.8) is 0 Å². The van der Waals surface area contributed by atoms with Crippen molar-refractivity contribution in [2.75, 3.05) is 7.05 Å². The summed E-state index contributed by atoms with van der Waals surface area (Å²) in [7, 11) is 1.61. The fraction of sp³-hybridized carbons (Fsp3) is 0.654. The number of carbonyl (C=O) groups is 3.